The molecule has 1 aromatic heterocycles. The van der Waals surface area contributed by atoms with Crippen LogP contribution in [0, 0.1) is 6.92 Å². The summed E-state index contributed by atoms with van der Waals surface area (Å²) < 4.78 is 0. The second-order valence-electron chi connectivity index (χ2n) is 5.74. The third kappa shape index (κ3) is 2.73. The molecule has 0 radical (unpaired) electrons. The highest BCUT2D eigenvalue weighted by atomic mass is 15.1. The van der Waals surface area contributed by atoms with Crippen molar-refractivity contribution in [3.63, 3.8) is 0 Å². The van der Waals surface area contributed by atoms with Gasteiger partial charge in [0.1, 0.15) is 0 Å². The molecule has 1 aliphatic carbocycles. The van der Waals surface area contributed by atoms with Gasteiger partial charge in [0.25, 0.3) is 0 Å². The number of aryl methyl sites for hydroxylation is 1. The van der Waals surface area contributed by atoms with Crippen molar-refractivity contribution >= 4 is 17.7 Å². The van der Waals surface area contributed by atoms with Crippen molar-refractivity contribution in [3.05, 3.63) is 77.5 Å². The van der Waals surface area contributed by atoms with Crippen LogP contribution in [0.1, 0.15) is 16.7 Å². The van der Waals surface area contributed by atoms with Gasteiger partial charge in [0.05, 0.1) is 5.69 Å². The van der Waals surface area contributed by atoms with Crippen molar-refractivity contribution in [2.75, 3.05) is 5.32 Å². The SMILES string of the molecule is Cc1cccc(Nc2nccc(-c3cccc4c3C=CC4)n2)c1. The molecule has 0 saturated heterocycles. The number of allylic oxidation sites excluding steroid dienone is 1. The minimum Gasteiger partial charge on any atom is -0.324 e. The Hall–Kier alpha value is -2.94. The summed E-state index contributed by atoms with van der Waals surface area (Å²) in [5, 5.41) is 3.28. The van der Waals surface area contributed by atoms with E-state index in [2.05, 4.69) is 64.7 Å². The zero-order chi connectivity index (χ0) is 15.6. The average Bonchev–Trinajstić information content (AvgIpc) is 3.03. The van der Waals surface area contributed by atoms with E-state index in [0.29, 0.717) is 5.95 Å². The number of anilines is 2. The van der Waals surface area contributed by atoms with Crippen molar-refractivity contribution in [3.8, 4) is 11.3 Å². The Morgan fingerprint density at radius 1 is 1.04 bits per heavy atom. The lowest BCUT2D eigenvalue weighted by Gasteiger charge is -2.10. The highest BCUT2D eigenvalue weighted by Crippen LogP contribution is 2.30. The second kappa shape index (κ2) is 5.69. The second-order valence-corrected chi connectivity index (χ2v) is 5.74. The van der Waals surface area contributed by atoms with Gasteiger partial charge in [-0.05, 0) is 48.2 Å². The minimum absolute atomic E-state index is 0.618. The topological polar surface area (TPSA) is 37.8 Å². The molecule has 23 heavy (non-hydrogen) atoms. The van der Waals surface area contributed by atoms with E-state index in [1.807, 2.05) is 18.2 Å². The van der Waals surface area contributed by atoms with E-state index in [-0.39, 0.29) is 0 Å². The molecule has 1 aliphatic rings. The molecule has 1 N–H and O–H groups in total. The zero-order valence-electron chi connectivity index (χ0n) is 13.0. The molecule has 0 atom stereocenters. The maximum Gasteiger partial charge on any atom is 0.227 e. The number of nitrogens with one attached hydrogen (secondary N) is 1. The molecule has 112 valence electrons. The molecular formula is C20H17N3. The van der Waals surface area contributed by atoms with Crippen molar-refractivity contribution < 1.29 is 0 Å². The Morgan fingerprint density at radius 3 is 2.87 bits per heavy atom. The van der Waals surface area contributed by atoms with E-state index in [4.69, 9.17) is 0 Å². The molecule has 2 aromatic carbocycles. The first-order valence-electron chi connectivity index (χ1n) is 7.75. The summed E-state index contributed by atoms with van der Waals surface area (Å²) in [6.07, 6.45) is 7.18. The number of hydrogen-bond donors (Lipinski definition) is 1. The zero-order valence-corrected chi connectivity index (χ0v) is 13.0. The third-order valence-electron chi connectivity index (χ3n) is 4.02. The van der Waals surface area contributed by atoms with Gasteiger partial charge in [-0.1, -0.05) is 42.5 Å². The molecule has 3 heteroatoms. The monoisotopic (exact) mass is 299 g/mol. The van der Waals surface area contributed by atoms with Gasteiger partial charge in [0.2, 0.25) is 5.95 Å². The Morgan fingerprint density at radius 2 is 1.96 bits per heavy atom. The van der Waals surface area contributed by atoms with Crippen LogP contribution in [0.15, 0.2) is 60.8 Å². The van der Waals surface area contributed by atoms with E-state index < -0.39 is 0 Å². The average molecular weight is 299 g/mol. The lowest BCUT2D eigenvalue weighted by Crippen LogP contribution is -1.99. The fourth-order valence-corrected chi connectivity index (χ4v) is 2.94. The van der Waals surface area contributed by atoms with Crippen molar-refractivity contribution in [1.82, 2.24) is 9.97 Å². The van der Waals surface area contributed by atoms with Gasteiger partial charge in [0, 0.05) is 17.4 Å². The van der Waals surface area contributed by atoms with E-state index >= 15 is 0 Å². The predicted molar refractivity (Wildman–Crippen MR) is 94.7 cm³/mol. The lowest BCUT2D eigenvalue weighted by atomic mass is 10.0. The summed E-state index contributed by atoms with van der Waals surface area (Å²) >= 11 is 0. The minimum atomic E-state index is 0.618. The van der Waals surface area contributed by atoms with Crippen molar-refractivity contribution in [1.29, 1.82) is 0 Å². The van der Waals surface area contributed by atoms with Crippen LogP contribution in [0.4, 0.5) is 11.6 Å². The molecule has 0 amide bonds. The maximum atomic E-state index is 4.69. The predicted octanol–water partition coefficient (Wildman–Crippen LogP) is 4.76. The molecule has 3 nitrogen and oxygen atoms in total. The van der Waals surface area contributed by atoms with Crippen LogP contribution in [-0.2, 0) is 6.42 Å². The van der Waals surface area contributed by atoms with Crippen LogP contribution >= 0.6 is 0 Å². The van der Waals surface area contributed by atoms with Gasteiger partial charge in [-0.3, -0.25) is 0 Å². The first kappa shape index (κ1) is 13.7. The molecule has 3 aromatic rings. The number of fused-ring (bicyclic) bond motifs is 1. The molecule has 0 fully saturated rings. The number of benzene rings is 2. The largest absolute Gasteiger partial charge is 0.324 e. The fraction of sp³-hybridized carbons (Fsp3) is 0.100. The molecule has 0 spiro atoms. The van der Waals surface area contributed by atoms with E-state index in [1.54, 1.807) is 6.20 Å². The highest BCUT2D eigenvalue weighted by Gasteiger charge is 2.12. The van der Waals surface area contributed by atoms with Crippen molar-refractivity contribution in [2.45, 2.75) is 13.3 Å². The standard InChI is InChI=1S/C20H17N3/c1-14-5-2-8-16(13-14)22-20-21-12-11-19(23-20)18-10-4-7-15-6-3-9-17(15)18/h2-5,7-13H,6H2,1H3,(H,21,22,23). The molecule has 0 aliphatic heterocycles. The van der Waals surface area contributed by atoms with Crippen LogP contribution in [0.5, 0.6) is 0 Å². The fourth-order valence-electron chi connectivity index (χ4n) is 2.94. The summed E-state index contributed by atoms with van der Waals surface area (Å²) in [4.78, 5) is 9.03. The van der Waals surface area contributed by atoms with E-state index in [1.165, 1.54) is 16.7 Å². The van der Waals surface area contributed by atoms with Gasteiger partial charge in [-0.2, -0.15) is 0 Å². The molecule has 0 unspecified atom stereocenters. The third-order valence-corrected chi connectivity index (χ3v) is 4.02. The number of hydrogen-bond acceptors (Lipinski definition) is 3. The van der Waals surface area contributed by atoms with Crippen LogP contribution in [0.3, 0.4) is 0 Å². The lowest BCUT2D eigenvalue weighted by molar-refractivity contribution is 1.17. The Balaban J connectivity index is 1.70. The van der Waals surface area contributed by atoms with Crippen molar-refractivity contribution in [2.24, 2.45) is 0 Å². The summed E-state index contributed by atoms with van der Waals surface area (Å²) in [6, 6.07) is 16.5. The Labute approximate surface area is 135 Å². The van der Waals surface area contributed by atoms with E-state index in [9.17, 15) is 0 Å². The van der Waals surface area contributed by atoms with Gasteiger partial charge < -0.3 is 5.32 Å². The molecule has 0 bridgehead atoms. The Kier molecular flexibility index (Phi) is 3.39. The quantitative estimate of drug-likeness (QED) is 0.757. The number of aromatic nitrogens is 2. The molecule has 4 rings (SSSR count). The van der Waals surface area contributed by atoms with Gasteiger partial charge in [0.15, 0.2) is 0 Å². The van der Waals surface area contributed by atoms with Crippen LogP contribution < -0.4 is 5.32 Å². The first-order valence-corrected chi connectivity index (χ1v) is 7.75. The summed E-state index contributed by atoms with van der Waals surface area (Å²) in [5.41, 5.74) is 6.93. The highest BCUT2D eigenvalue weighted by molar-refractivity contribution is 5.78. The van der Waals surface area contributed by atoms with Crippen LogP contribution in [0.2, 0.25) is 0 Å². The van der Waals surface area contributed by atoms with Gasteiger partial charge in [-0.15, -0.1) is 0 Å². The van der Waals surface area contributed by atoms with E-state index in [0.717, 1.165) is 23.4 Å². The van der Waals surface area contributed by atoms with Gasteiger partial charge >= 0.3 is 0 Å². The smallest absolute Gasteiger partial charge is 0.227 e. The Bertz CT molecular complexity index is 897. The molecule has 0 saturated carbocycles. The number of nitrogens with zero attached hydrogens (tertiary/aromatic N) is 2. The summed E-state index contributed by atoms with van der Waals surface area (Å²) in [7, 11) is 0. The van der Waals surface area contributed by atoms with Gasteiger partial charge in [-0.25, -0.2) is 9.97 Å². The normalized spacial score (nSPS) is 12.2. The summed E-state index contributed by atoms with van der Waals surface area (Å²) in [6.45, 7) is 2.07. The first-order chi connectivity index (χ1) is 11.3. The summed E-state index contributed by atoms with van der Waals surface area (Å²) in [5.74, 6) is 0.618. The van der Waals surface area contributed by atoms with Crippen LogP contribution in [-0.4, -0.2) is 9.97 Å². The number of rotatable bonds is 3. The maximum absolute atomic E-state index is 4.69. The molecule has 1 heterocycles. The van der Waals surface area contributed by atoms with Crippen LogP contribution in [0.25, 0.3) is 17.3 Å². The molecular weight excluding hydrogens is 282 g/mol.